The van der Waals surface area contributed by atoms with Crippen LogP contribution in [0.5, 0.6) is 0 Å². The SMILES string of the molecule is CC1(C)[C@@H](/C=C/c2ccccc2)[C@@H]1C(=O)O. The summed E-state index contributed by atoms with van der Waals surface area (Å²) in [7, 11) is 0. The van der Waals surface area contributed by atoms with Crippen molar-refractivity contribution in [3.05, 3.63) is 42.0 Å². The molecule has 2 atom stereocenters. The quantitative estimate of drug-likeness (QED) is 0.843. The minimum Gasteiger partial charge on any atom is -0.481 e. The summed E-state index contributed by atoms with van der Waals surface area (Å²) in [6, 6.07) is 9.96. The minimum atomic E-state index is -0.687. The van der Waals surface area contributed by atoms with Crippen molar-refractivity contribution < 1.29 is 9.90 Å². The molecule has 0 aliphatic heterocycles. The molecular weight excluding hydrogens is 200 g/mol. The first kappa shape index (κ1) is 10.9. The molecule has 0 amide bonds. The number of carboxylic acid groups (broad SMARTS) is 1. The topological polar surface area (TPSA) is 37.3 Å². The van der Waals surface area contributed by atoms with Gasteiger partial charge in [0.15, 0.2) is 0 Å². The summed E-state index contributed by atoms with van der Waals surface area (Å²) in [6.07, 6.45) is 4.03. The summed E-state index contributed by atoms with van der Waals surface area (Å²) < 4.78 is 0. The van der Waals surface area contributed by atoms with Crippen molar-refractivity contribution in [1.29, 1.82) is 0 Å². The normalized spacial score (nSPS) is 26.9. The summed E-state index contributed by atoms with van der Waals surface area (Å²) in [6.45, 7) is 4.01. The van der Waals surface area contributed by atoms with E-state index in [-0.39, 0.29) is 17.3 Å². The zero-order chi connectivity index (χ0) is 11.8. The van der Waals surface area contributed by atoms with Crippen molar-refractivity contribution >= 4 is 12.0 Å². The van der Waals surface area contributed by atoms with Crippen LogP contribution in [-0.4, -0.2) is 11.1 Å². The fourth-order valence-corrected chi connectivity index (χ4v) is 2.29. The van der Waals surface area contributed by atoms with E-state index in [2.05, 4.69) is 0 Å². The Morgan fingerprint density at radius 3 is 2.44 bits per heavy atom. The van der Waals surface area contributed by atoms with Crippen LogP contribution in [0.4, 0.5) is 0 Å². The molecule has 1 aliphatic carbocycles. The number of carbonyl (C=O) groups is 1. The Morgan fingerprint density at radius 2 is 1.94 bits per heavy atom. The number of carboxylic acids is 1. The highest BCUT2D eigenvalue weighted by Gasteiger charge is 2.60. The Labute approximate surface area is 95.6 Å². The van der Waals surface area contributed by atoms with Crippen LogP contribution in [0.3, 0.4) is 0 Å². The van der Waals surface area contributed by atoms with Crippen molar-refractivity contribution in [2.24, 2.45) is 17.3 Å². The van der Waals surface area contributed by atoms with Crippen LogP contribution >= 0.6 is 0 Å². The van der Waals surface area contributed by atoms with Gasteiger partial charge in [-0.25, -0.2) is 0 Å². The largest absolute Gasteiger partial charge is 0.481 e. The zero-order valence-electron chi connectivity index (χ0n) is 9.55. The molecule has 2 nitrogen and oxygen atoms in total. The van der Waals surface area contributed by atoms with Crippen LogP contribution in [-0.2, 0) is 4.79 Å². The van der Waals surface area contributed by atoms with Gasteiger partial charge in [0.05, 0.1) is 5.92 Å². The van der Waals surface area contributed by atoms with Gasteiger partial charge >= 0.3 is 5.97 Å². The molecule has 1 N–H and O–H groups in total. The van der Waals surface area contributed by atoms with Gasteiger partial charge in [0.25, 0.3) is 0 Å². The van der Waals surface area contributed by atoms with Crippen LogP contribution < -0.4 is 0 Å². The number of benzene rings is 1. The highest BCUT2D eigenvalue weighted by Crippen LogP contribution is 2.59. The minimum absolute atomic E-state index is 0.100. The van der Waals surface area contributed by atoms with Crippen LogP contribution in [0.25, 0.3) is 6.08 Å². The Kier molecular flexibility index (Phi) is 2.58. The molecule has 16 heavy (non-hydrogen) atoms. The fraction of sp³-hybridized carbons (Fsp3) is 0.357. The second-order valence-electron chi connectivity index (χ2n) is 4.93. The third-order valence-corrected chi connectivity index (χ3v) is 3.47. The van der Waals surface area contributed by atoms with E-state index >= 15 is 0 Å². The molecule has 2 rings (SSSR count). The maximum atomic E-state index is 11.0. The molecule has 0 saturated heterocycles. The van der Waals surface area contributed by atoms with Gasteiger partial charge in [-0.3, -0.25) is 4.79 Å². The predicted molar refractivity (Wildman–Crippen MR) is 63.9 cm³/mol. The second-order valence-corrected chi connectivity index (χ2v) is 4.93. The van der Waals surface area contributed by atoms with Crippen molar-refractivity contribution in [3.63, 3.8) is 0 Å². The summed E-state index contributed by atoms with van der Waals surface area (Å²) in [5.74, 6) is -0.759. The molecule has 84 valence electrons. The first-order valence-electron chi connectivity index (χ1n) is 5.49. The molecule has 1 aromatic rings. The molecular formula is C14H16O2. The van der Waals surface area contributed by atoms with E-state index in [1.807, 2.05) is 56.3 Å². The third-order valence-electron chi connectivity index (χ3n) is 3.47. The van der Waals surface area contributed by atoms with E-state index in [1.54, 1.807) is 0 Å². The van der Waals surface area contributed by atoms with E-state index in [1.165, 1.54) is 0 Å². The van der Waals surface area contributed by atoms with Gasteiger partial charge in [-0.1, -0.05) is 56.3 Å². The van der Waals surface area contributed by atoms with Gasteiger partial charge in [0, 0.05) is 0 Å². The number of hydrogen-bond acceptors (Lipinski definition) is 1. The fourth-order valence-electron chi connectivity index (χ4n) is 2.29. The molecule has 2 heteroatoms. The molecule has 0 unspecified atom stereocenters. The van der Waals surface area contributed by atoms with Crippen molar-refractivity contribution in [2.75, 3.05) is 0 Å². The Balaban J connectivity index is 2.08. The van der Waals surface area contributed by atoms with Crippen LogP contribution in [0.2, 0.25) is 0 Å². The number of allylic oxidation sites excluding steroid dienone is 1. The molecule has 1 aromatic carbocycles. The van der Waals surface area contributed by atoms with Gasteiger partial charge in [-0.2, -0.15) is 0 Å². The Morgan fingerprint density at radius 1 is 1.31 bits per heavy atom. The van der Waals surface area contributed by atoms with Gasteiger partial charge in [-0.05, 0) is 16.9 Å². The highest BCUT2D eigenvalue weighted by molar-refractivity contribution is 5.76. The Bertz CT molecular complexity index is 418. The standard InChI is InChI=1S/C14H16O2/c1-14(2)11(12(14)13(15)16)9-8-10-6-4-3-5-7-10/h3-9,11-12H,1-2H3,(H,15,16)/b9-8+/t11-,12+/m0/s1. The van der Waals surface area contributed by atoms with Crippen LogP contribution in [0, 0.1) is 17.3 Å². The van der Waals surface area contributed by atoms with E-state index in [0.29, 0.717) is 0 Å². The first-order chi connectivity index (χ1) is 7.53. The van der Waals surface area contributed by atoms with E-state index in [0.717, 1.165) is 5.56 Å². The molecule has 1 saturated carbocycles. The third kappa shape index (κ3) is 1.87. The van der Waals surface area contributed by atoms with Gasteiger partial charge in [-0.15, -0.1) is 0 Å². The molecule has 1 aliphatic rings. The smallest absolute Gasteiger partial charge is 0.307 e. The lowest BCUT2D eigenvalue weighted by atomic mass is 10.1. The summed E-state index contributed by atoms with van der Waals surface area (Å²) in [5.41, 5.74) is 1.02. The molecule has 1 fully saturated rings. The maximum absolute atomic E-state index is 11.0. The number of rotatable bonds is 3. The van der Waals surface area contributed by atoms with Crippen molar-refractivity contribution in [3.8, 4) is 0 Å². The average molecular weight is 216 g/mol. The molecule has 0 radical (unpaired) electrons. The predicted octanol–water partition coefficient (Wildman–Crippen LogP) is 3.06. The zero-order valence-corrected chi connectivity index (χ0v) is 9.55. The Hall–Kier alpha value is -1.57. The lowest BCUT2D eigenvalue weighted by Crippen LogP contribution is -2.02. The van der Waals surface area contributed by atoms with Gasteiger partial charge in [0.2, 0.25) is 0 Å². The monoisotopic (exact) mass is 216 g/mol. The molecule has 0 heterocycles. The molecule has 0 spiro atoms. The van der Waals surface area contributed by atoms with E-state index < -0.39 is 5.97 Å². The summed E-state index contributed by atoms with van der Waals surface area (Å²) >= 11 is 0. The van der Waals surface area contributed by atoms with Crippen LogP contribution in [0.15, 0.2) is 36.4 Å². The number of aliphatic carboxylic acids is 1. The average Bonchev–Trinajstić information content (AvgIpc) is 2.79. The van der Waals surface area contributed by atoms with Gasteiger partial charge < -0.3 is 5.11 Å². The van der Waals surface area contributed by atoms with Crippen molar-refractivity contribution in [2.45, 2.75) is 13.8 Å². The van der Waals surface area contributed by atoms with Gasteiger partial charge in [0.1, 0.15) is 0 Å². The second kappa shape index (κ2) is 3.78. The number of hydrogen-bond donors (Lipinski definition) is 1. The molecule has 0 aromatic heterocycles. The van der Waals surface area contributed by atoms with Crippen LogP contribution in [0.1, 0.15) is 19.4 Å². The maximum Gasteiger partial charge on any atom is 0.307 e. The van der Waals surface area contributed by atoms with E-state index in [4.69, 9.17) is 5.11 Å². The summed E-state index contributed by atoms with van der Waals surface area (Å²) in [5, 5.41) is 9.02. The lowest BCUT2D eigenvalue weighted by Gasteiger charge is -1.96. The first-order valence-corrected chi connectivity index (χ1v) is 5.49. The summed E-state index contributed by atoms with van der Waals surface area (Å²) in [4.78, 5) is 11.0. The lowest BCUT2D eigenvalue weighted by molar-refractivity contribution is -0.139. The van der Waals surface area contributed by atoms with E-state index in [9.17, 15) is 4.79 Å². The molecule has 0 bridgehead atoms. The highest BCUT2D eigenvalue weighted by atomic mass is 16.4. The van der Waals surface area contributed by atoms with Crippen molar-refractivity contribution in [1.82, 2.24) is 0 Å².